The molecule has 0 saturated heterocycles. The van der Waals surface area contributed by atoms with E-state index >= 15 is 0 Å². The van der Waals surface area contributed by atoms with Gasteiger partial charge in [-0.1, -0.05) is 97.2 Å². The monoisotopic (exact) mass is 322 g/mol. The lowest BCUT2D eigenvalue weighted by molar-refractivity contribution is 1.22. The summed E-state index contributed by atoms with van der Waals surface area (Å²) < 4.78 is 0. The molecule has 0 heterocycles. The second kappa shape index (κ2) is 7.13. The van der Waals surface area contributed by atoms with Crippen molar-refractivity contribution < 1.29 is 0 Å². The highest BCUT2D eigenvalue weighted by Crippen LogP contribution is 2.13. The Hall–Kier alpha value is -1.57. The molecule has 2 rings (SSSR count). The van der Waals surface area contributed by atoms with E-state index in [2.05, 4.69) is 98.3 Å². The molecule has 0 saturated carbocycles. The van der Waals surface area contributed by atoms with Crippen molar-refractivity contribution in [3.8, 4) is 11.5 Å². The molecule has 0 nitrogen and oxygen atoms in total. The molecular formula is C20H26Si2. The summed E-state index contributed by atoms with van der Waals surface area (Å²) in [7, 11) is -2.94. The van der Waals surface area contributed by atoms with E-state index in [0.29, 0.717) is 0 Å². The lowest BCUT2D eigenvalue weighted by Gasteiger charge is -2.28. The standard InChI is InChI=1S/C20H26Si2/c1-21(2,3)17-11-12-18-22(4,19-13-7-5-8-14-19)20-15-9-6-10-16-20/h5-10,13-16H,12,18H2,1-4H3. The van der Waals surface area contributed by atoms with Gasteiger partial charge in [0.15, 0.2) is 0 Å². The number of hydrogen-bond acceptors (Lipinski definition) is 0. The van der Waals surface area contributed by atoms with Gasteiger partial charge in [-0.05, 0) is 6.04 Å². The Bertz CT molecular complexity index is 603. The summed E-state index contributed by atoms with van der Waals surface area (Å²) in [5.41, 5.74) is 3.51. The summed E-state index contributed by atoms with van der Waals surface area (Å²) in [6, 6.07) is 23.2. The highest BCUT2D eigenvalue weighted by atomic mass is 28.3. The molecule has 2 heteroatoms. The summed E-state index contributed by atoms with van der Waals surface area (Å²) in [6.45, 7) is 9.41. The molecule has 0 atom stereocenters. The van der Waals surface area contributed by atoms with Crippen molar-refractivity contribution in [3.05, 3.63) is 60.7 Å². The Labute approximate surface area is 137 Å². The third-order valence-electron chi connectivity index (χ3n) is 4.04. The van der Waals surface area contributed by atoms with Gasteiger partial charge in [0, 0.05) is 6.42 Å². The first kappa shape index (κ1) is 16.8. The molecule has 0 N–H and O–H groups in total. The molecule has 0 aliphatic rings. The average molecular weight is 323 g/mol. The maximum Gasteiger partial charge on any atom is 0.129 e. The predicted octanol–water partition coefficient (Wildman–Crippen LogP) is 4.15. The Balaban J connectivity index is 2.29. The van der Waals surface area contributed by atoms with Crippen LogP contribution in [-0.2, 0) is 0 Å². The molecule has 0 aliphatic carbocycles. The van der Waals surface area contributed by atoms with Crippen molar-refractivity contribution in [2.24, 2.45) is 0 Å². The second-order valence-corrected chi connectivity index (χ2v) is 16.2. The van der Waals surface area contributed by atoms with E-state index in [1.807, 2.05) is 0 Å². The number of hydrogen-bond donors (Lipinski definition) is 0. The van der Waals surface area contributed by atoms with Gasteiger partial charge in [0.05, 0.1) is 0 Å². The number of rotatable bonds is 4. The van der Waals surface area contributed by atoms with E-state index in [-0.39, 0.29) is 0 Å². The summed E-state index contributed by atoms with van der Waals surface area (Å²) in [5.74, 6) is 3.47. The molecule has 0 aliphatic heterocycles. The fraction of sp³-hybridized carbons (Fsp3) is 0.300. The first-order valence-electron chi connectivity index (χ1n) is 8.03. The molecule has 22 heavy (non-hydrogen) atoms. The normalized spacial score (nSPS) is 11.6. The quantitative estimate of drug-likeness (QED) is 0.586. The van der Waals surface area contributed by atoms with Crippen molar-refractivity contribution in [2.75, 3.05) is 0 Å². The van der Waals surface area contributed by atoms with Gasteiger partial charge in [0.2, 0.25) is 0 Å². The highest BCUT2D eigenvalue weighted by molar-refractivity contribution is 7.01. The topological polar surface area (TPSA) is 0 Å². The van der Waals surface area contributed by atoms with Gasteiger partial charge >= 0.3 is 0 Å². The van der Waals surface area contributed by atoms with Crippen LogP contribution in [0.25, 0.3) is 0 Å². The largest absolute Gasteiger partial charge is 0.132 e. The molecule has 2 aromatic carbocycles. The highest BCUT2D eigenvalue weighted by Gasteiger charge is 2.30. The van der Waals surface area contributed by atoms with Crippen LogP contribution in [-0.4, -0.2) is 16.1 Å². The first-order chi connectivity index (χ1) is 10.4. The minimum absolute atomic E-state index is 1.01. The average Bonchev–Trinajstić information content (AvgIpc) is 2.52. The third-order valence-corrected chi connectivity index (χ3v) is 9.43. The first-order valence-corrected chi connectivity index (χ1v) is 14.2. The van der Waals surface area contributed by atoms with E-state index < -0.39 is 16.1 Å². The van der Waals surface area contributed by atoms with E-state index in [1.54, 1.807) is 0 Å². The predicted molar refractivity (Wildman–Crippen MR) is 104 cm³/mol. The van der Waals surface area contributed by atoms with Crippen molar-refractivity contribution in [1.29, 1.82) is 0 Å². The second-order valence-electron chi connectivity index (χ2n) is 7.12. The molecule has 0 bridgehead atoms. The van der Waals surface area contributed by atoms with Crippen LogP contribution < -0.4 is 10.4 Å². The smallest absolute Gasteiger partial charge is 0.129 e. The van der Waals surface area contributed by atoms with Crippen LogP contribution in [0.3, 0.4) is 0 Å². The molecule has 114 valence electrons. The Morgan fingerprint density at radius 2 is 1.18 bits per heavy atom. The van der Waals surface area contributed by atoms with Gasteiger partial charge < -0.3 is 0 Å². The third kappa shape index (κ3) is 4.46. The van der Waals surface area contributed by atoms with E-state index in [4.69, 9.17) is 0 Å². The van der Waals surface area contributed by atoms with Gasteiger partial charge in [-0.3, -0.25) is 0 Å². The van der Waals surface area contributed by atoms with Crippen LogP contribution >= 0.6 is 0 Å². The SMILES string of the molecule is C[Si](C)(C)C#CCC[Si](C)(c1ccccc1)c1ccccc1. The lowest BCUT2D eigenvalue weighted by Crippen LogP contribution is -2.55. The van der Waals surface area contributed by atoms with Crippen LogP contribution in [0.15, 0.2) is 60.7 Å². The molecular weight excluding hydrogens is 296 g/mol. The Morgan fingerprint density at radius 3 is 1.59 bits per heavy atom. The molecule has 0 radical (unpaired) electrons. The van der Waals surface area contributed by atoms with Crippen LogP contribution in [0.5, 0.6) is 0 Å². The molecule has 0 fully saturated rings. The molecule has 0 unspecified atom stereocenters. The zero-order valence-electron chi connectivity index (χ0n) is 14.2. The van der Waals surface area contributed by atoms with E-state index in [0.717, 1.165) is 6.42 Å². The molecule has 0 spiro atoms. The van der Waals surface area contributed by atoms with Crippen LogP contribution in [0.1, 0.15) is 6.42 Å². The van der Waals surface area contributed by atoms with Crippen molar-refractivity contribution in [2.45, 2.75) is 38.7 Å². The van der Waals surface area contributed by atoms with Crippen LogP contribution in [0, 0.1) is 11.5 Å². The van der Waals surface area contributed by atoms with Crippen LogP contribution in [0.2, 0.25) is 32.2 Å². The van der Waals surface area contributed by atoms with Crippen molar-refractivity contribution in [1.82, 2.24) is 0 Å². The maximum atomic E-state index is 3.51. The van der Waals surface area contributed by atoms with Gasteiger partial charge in [0.1, 0.15) is 16.1 Å². The van der Waals surface area contributed by atoms with Gasteiger partial charge in [-0.2, -0.15) is 0 Å². The minimum atomic E-state index is -1.69. The minimum Gasteiger partial charge on any atom is -0.132 e. The fourth-order valence-electron chi connectivity index (χ4n) is 2.71. The fourth-order valence-corrected chi connectivity index (χ4v) is 6.75. The Kier molecular flexibility index (Phi) is 5.44. The van der Waals surface area contributed by atoms with Gasteiger partial charge in [-0.25, -0.2) is 0 Å². The molecule has 0 aromatic heterocycles. The van der Waals surface area contributed by atoms with Crippen molar-refractivity contribution in [3.63, 3.8) is 0 Å². The Morgan fingerprint density at radius 1 is 0.727 bits per heavy atom. The zero-order chi connectivity index (χ0) is 16.1. The van der Waals surface area contributed by atoms with Crippen molar-refractivity contribution >= 4 is 26.5 Å². The number of benzene rings is 2. The maximum absolute atomic E-state index is 3.51. The zero-order valence-corrected chi connectivity index (χ0v) is 16.2. The van der Waals surface area contributed by atoms with Crippen LogP contribution in [0.4, 0.5) is 0 Å². The lowest BCUT2D eigenvalue weighted by atomic mass is 10.4. The summed E-state index contributed by atoms with van der Waals surface area (Å²) in [5, 5.41) is 3.02. The molecule has 2 aromatic rings. The summed E-state index contributed by atoms with van der Waals surface area (Å²) in [6.07, 6.45) is 1.01. The molecule has 0 amide bonds. The van der Waals surface area contributed by atoms with Gasteiger partial charge in [0.25, 0.3) is 0 Å². The summed E-state index contributed by atoms with van der Waals surface area (Å²) in [4.78, 5) is 0. The van der Waals surface area contributed by atoms with E-state index in [1.165, 1.54) is 16.4 Å². The van der Waals surface area contributed by atoms with E-state index in [9.17, 15) is 0 Å². The van der Waals surface area contributed by atoms with Gasteiger partial charge in [-0.15, -0.1) is 11.5 Å². The summed E-state index contributed by atoms with van der Waals surface area (Å²) >= 11 is 0.